The van der Waals surface area contributed by atoms with Crippen LogP contribution in [0.5, 0.6) is 0 Å². The molecule has 4 rings (SSSR count). The van der Waals surface area contributed by atoms with Gasteiger partial charge < -0.3 is 20.7 Å². The maximum Gasteiger partial charge on any atom is 0.259 e. The molecule has 11 heteroatoms. The van der Waals surface area contributed by atoms with Gasteiger partial charge in [0.05, 0.1) is 0 Å². The predicted molar refractivity (Wildman–Crippen MR) is 119 cm³/mol. The number of nitrogens with zero attached hydrogens (tertiary/aromatic N) is 2. The van der Waals surface area contributed by atoms with Crippen LogP contribution in [-0.4, -0.2) is 61.4 Å². The highest BCUT2D eigenvalue weighted by atomic mass is 32.2. The Hall–Kier alpha value is -2.31. The van der Waals surface area contributed by atoms with Gasteiger partial charge in [-0.25, -0.2) is 8.42 Å². The lowest BCUT2D eigenvalue weighted by Crippen LogP contribution is -2.55. The summed E-state index contributed by atoms with van der Waals surface area (Å²) in [5.74, 6) is -0.899. The van der Waals surface area contributed by atoms with Crippen molar-refractivity contribution < 1.29 is 22.7 Å². The van der Waals surface area contributed by atoms with E-state index in [1.165, 1.54) is 11.0 Å². The number of carbonyl (C=O) groups is 2. The van der Waals surface area contributed by atoms with Crippen LogP contribution >= 0.6 is 11.3 Å². The van der Waals surface area contributed by atoms with E-state index in [9.17, 15) is 18.0 Å². The van der Waals surface area contributed by atoms with Gasteiger partial charge in [-0.15, -0.1) is 11.3 Å². The van der Waals surface area contributed by atoms with Crippen LogP contribution in [0.2, 0.25) is 0 Å². The van der Waals surface area contributed by atoms with Crippen LogP contribution in [0.25, 0.3) is 0 Å². The van der Waals surface area contributed by atoms with Crippen LogP contribution in [0, 0.1) is 0 Å². The Morgan fingerprint density at radius 2 is 2.00 bits per heavy atom. The number of carbonyl (C=O) groups excluding carboxylic acids is 2. The lowest BCUT2D eigenvalue weighted by molar-refractivity contribution is -0.147. The van der Waals surface area contributed by atoms with E-state index in [0.717, 1.165) is 33.2 Å². The summed E-state index contributed by atoms with van der Waals surface area (Å²) in [5, 5.41) is 4.46. The van der Waals surface area contributed by atoms with Crippen LogP contribution in [-0.2, 0) is 37.4 Å². The second kappa shape index (κ2) is 9.67. The first-order valence-corrected chi connectivity index (χ1v) is 12.8. The van der Waals surface area contributed by atoms with Gasteiger partial charge in [0.1, 0.15) is 10.3 Å². The van der Waals surface area contributed by atoms with Gasteiger partial charge in [0.2, 0.25) is 0 Å². The number of hydrogen-bond donors (Lipinski definition) is 2. The van der Waals surface area contributed by atoms with Crippen molar-refractivity contribution in [3.8, 4) is 0 Å². The minimum absolute atomic E-state index is 0.0411. The highest BCUT2D eigenvalue weighted by Crippen LogP contribution is 2.29. The van der Waals surface area contributed by atoms with E-state index in [1.54, 1.807) is 11.4 Å². The number of rotatable bonds is 7. The average molecular weight is 479 g/mol. The number of nitrogens with one attached hydrogen (secondary N) is 1. The second-order valence-electron chi connectivity index (χ2n) is 7.70. The van der Waals surface area contributed by atoms with E-state index in [2.05, 4.69) is 5.32 Å². The maximum atomic E-state index is 13.3. The molecule has 2 aliphatic rings. The first-order chi connectivity index (χ1) is 15.4. The van der Waals surface area contributed by atoms with Crippen molar-refractivity contribution in [1.29, 1.82) is 0 Å². The van der Waals surface area contributed by atoms with Gasteiger partial charge in [0, 0.05) is 32.8 Å². The number of ether oxygens (including phenoxy) is 1. The van der Waals surface area contributed by atoms with Crippen molar-refractivity contribution in [3.63, 3.8) is 0 Å². The largest absolute Gasteiger partial charge is 0.368 e. The standard InChI is InChI=1S/C21H26N4O5S2/c22-13-15-4-1-5-16(12-15)14-23-19(26)20-24(21(27)17-6-2-10-30-17)8-9-25(20)32(28,29)18-7-3-11-31-18/h1,3-5,7,11-12,17,20H,2,6,8-10,13-14,22H2,(H,23,26). The summed E-state index contributed by atoms with van der Waals surface area (Å²) in [6.07, 6.45) is -0.587. The molecule has 32 heavy (non-hydrogen) atoms. The average Bonchev–Trinajstić information content (AvgIpc) is 3.58. The predicted octanol–water partition coefficient (Wildman–Crippen LogP) is 0.861. The molecule has 2 fully saturated rings. The van der Waals surface area contributed by atoms with Crippen molar-refractivity contribution in [2.24, 2.45) is 5.73 Å². The van der Waals surface area contributed by atoms with Gasteiger partial charge in [-0.05, 0) is 35.4 Å². The van der Waals surface area contributed by atoms with Crippen LogP contribution in [0.3, 0.4) is 0 Å². The summed E-state index contributed by atoms with van der Waals surface area (Å²) in [7, 11) is -3.93. The Bertz CT molecular complexity index is 1070. The first kappa shape index (κ1) is 22.9. The van der Waals surface area contributed by atoms with Gasteiger partial charge in [-0.2, -0.15) is 4.31 Å². The summed E-state index contributed by atoms with van der Waals surface area (Å²) < 4.78 is 33.2. The molecule has 2 saturated heterocycles. The molecule has 0 bridgehead atoms. The molecule has 3 N–H and O–H groups in total. The molecule has 9 nitrogen and oxygen atoms in total. The summed E-state index contributed by atoms with van der Waals surface area (Å²) >= 11 is 1.08. The molecule has 0 spiro atoms. The van der Waals surface area contributed by atoms with Gasteiger partial charge in [-0.1, -0.05) is 30.3 Å². The van der Waals surface area contributed by atoms with E-state index in [0.29, 0.717) is 19.6 Å². The van der Waals surface area contributed by atoms with E-state index in [4.69, 9.17) is 10.5 Å². The first-order valence-electron chi connectivity index (χ1n) is 10.4. The lowest BCUT2D eigenvalue weighted by atomic mass is 10.1. The number of benzene rings is 1. The van der Waals surface area contributed by atoms with Crippen LogP contribution in [0.1, 0.15) is 24.0 Å². The molecule has 1 aromatic carbocycles. The van der Waals surface area contributed by atoms with E-state index >= 15 is 0 Å². The van der Waals surface area contributed by atoms with Crippen molar-refractivity contribution in [1.82, 2.24) is 14.5 Å². The van der Waals surface area contributed by atoms with E-state index < -0.39 is 28.2 Å². The molecule has 2 aromatic rings. The summed E-state index contributed by atoms with van der Waals surface area (Å²) in [6, 6.07) is 10.6. The SMILES string of the molecule is NCc1cccc(CNC(=O)C2N(C(=O)C3CCCO3)CCN2S(=O)(=O)c2cccs2)c1. The van der Waals surface area contributed by atoms with Gasteiger partial charge in [0.25, 0.3) is 21.8 Å². The van der Waals surface area contributed by atoms with Crippen LogP contribution in [0.4, 0.5) is 0 Å². The minimum Gasteiger partial charge on any atom is -0.368 e. The molecular weight excluding hydrogens is 452 g/mol. The Morgan fingerprint density at radius 3 is 2.69 bits per heavy atom. The van der Waals surface area contributed by atoms with E-state index in [-0.39, 0.29) is 29.8 Å². The minimum atomic E-state index is -3.93. The third-order valence-electron chi connectivity index (χ3n) is 5.60. The number of hydrogen-bond acceptors (Lipinski definition) is 7. The molecule has 2 unspecified atom stereocenters. The second-order valence-corrected chi connectivity index (χ2v) is 10.8. The normalized spacial score (nSPS) is 21.7. The number of amides is 2. The molecule has 0 saturated carbocycles. The smallest absolute Gasteiger partial charge is 0.259 e. The van der Waals surface area contributed by atoms with Crippen LogP contribution < -0.4 is 11.1 Å². The fourth-order valence-electron chi connectivity index (χ4n) is 3.99. The third kappa shape index (κ3) is 4.57. The molecule has 0 aliphatic carbocycles. The van der Waals surface area contributed by atoms with Crippen molar-refractivity contribution in [3.05, 3.63) is 52.9 Å². The summed E-state index contributed by atoms with van der Waals surface area (Å²) in [4.78, 5) is 27.6. The zero-order chi connectivity index (χ0) is 22.7. The Labute approximate surface area is 191 Å². The molecule has 1 aromatic heterocycles. The maximum absolute atomic E-state index is 13.3. The molecule has 2 amide bonds. The number of nitrogens with two attached hydrogens (primary N) is 1. The summed E-state index contributed by atoms with van der Waals surface area (Å²) in [5.41, 5.74) is 7.44. The monoisotopic (exact) mass is 478 g/mol. The molecule has 2 aliphatic heterocycles. The van der Waals surface area contributed by atoms with Gasteiger partial charge in [0.15, 0.2) is 6.17 Å². The number of thiophene rings is 1. The van der Waals surface area contributed by atoms with Crippen molar-refractivity contribution >= 4 is 33.2 Å². The lowest BCUT2D eigenvalue weighted by Gasteiger charge is -2.29. The zero-order valence-electron chi connectivity index (χ0n) is 17.5. The number of sulfonamides is 1. The van der Waals surface area contributed by atoms with Crippen LogP contribution in [0.15, 0.2) is 46.0 Å². The molecule has 0 radical (unpaired) electrons. The van der Waals surface area contributed by atoms with E-state index in [1.807, 2.05) is 24.3 Å². The quantitative estimate of drug-likeness (QED) is 0.609. The Morgan fingerprint density at radius 1 is 1.19 bits per heavy atom. The molecular formula is C21H26N4O5S2. The van der Waals surface area contributed by atoms with Crippen molar-refractivity contribution in [2.45, 2.75) is 42.4 Å². The Kier molecular flexibility index (Phi) is 6.91. The molecule has 3 heterocycles. The molecule has 2 atom stereocenters. The van der Waals surface area contributed by atoms with Gasteiger partial charge >= 0.3 is 0 Å². The fraction of sp³-hybridized carbons (Fsp3) is 0.429. The highest BCUT2D eigenvalue weighted by Gasteiger charge is 2.48. The summed E-state index contributed by atoms with van der Waals surface area (Å²) in [6.45, 7) is 1.22. The van der Waals surface area contributed by atoms with Gasteiger partial charge in [-0.3, -0.25) is 9.59 Å². The topological polar surface area (TPSA) is 122 Å². The Balaban J connectivity index is 1.58. The zero-order valence-corrected chi connectivity index (χ0v) is 19.1. The highest BCUT2D eigenvalue weighted by molar-refractivity contribution is 7.91. The molecule has 172 valence electrons. The van der Waals surface area contributed by atoms with Crippen molar-refractivity contribution in [2.75, 3.05) is 19.7 Å². The third-order valence-corrected chi connectivity index (χ3v) is 8.83. The fourth-order valence-corrected chi connectivity index (χ4v) is 6.66.